The van der Waals surface area contributed by atoms with Crippen molar-refractivity contribution in [2.24, 2.45) is 0 Å². The molecule has 0 aromatic carbocycles. The predicted octanol–water partition coefficient (Wildman–Crippen LogP) is 2.33. The Morgan fingerprint density at radius 3 is 2.94 bits per heavy atom. The molecule has 0 radical (unpaired) electrons. The highest BCUT2D eigenvalue weighted by Gasteiger charge is 2.15. The van der Waals surface area contributed by atoms with Crippen LogP contribution in [0.15, 0.2) is 29.1 Å². The zero-order valence-electron chi connectivity index (χ0n) is 10.3. The lowest BCUT2D eigenvalue weighted by Gasteiger charge is -2.08. The maximum atomic E-state index is 10.2. The van der Waals surface area contributed by atoms with Crippen molar-refractivity contribution >= 4 is 0 Å². The molecule has 1 atom stereocenters. The van der Waals surface area contributed by atoms with Gasteiger partial charge in [-0.05, 0) is 18.6 Å². The molecular formula is C13H18N2O2. The smallest absolute Gasteiger partial charge is 0.109 e. The van der Waals surface area contributed by atoms with Crippen LogP contribution in [0.1, 0.15) is 36.8 Å². The zero-order chi connectivity index (χ0) is 12.3. The minimum Gasteiger partial charge on any atom is -0.469 e. The highest BCUT2D eigenvalue weighted by Crippen LogP contribution is 2.23. The van der Waals surface area contributed by atoms with Gasteiger partial charge in [-0.3, -0.25) is 4.68 Å². The van der Waals surface area contributed by atoms with Crippen molar-refractivity contribution in [1.29, 1.82) is 0 Å². The van der Waals surface area contributed by atoms with Gasteiger partial charge in [-0.1, -0.05) is 6.92 Å². The summed E-state index contributed by atoms with van der Waals surface area (Å²) in [6, 6.07) is 1.84. The Balaban J connectivity index is 2.08. The number of aryl methyl sites for hydroxylation is 2. The van der Waals surface area contributed by atoms with E-state index in [0.29, 0.717) is 6.42 Å². The molecule has 0 amide bonds. The van der Waals surface area contributed by atoms with Crippen LogP contribution >= 0.6 is 0 Å². The number of furan rings is 1. The molecule has 0 aliphatic rings. The first-order chi connectivity index (χ1) is 8.24. The van der Waals surface area contributed by atoms with Crippen LogP contribution in [0, 0.1) is 0 Å². The molecule has 2 aromatic rings. The van der Waals surface area contributed by atoms with Gasteiger partial charge >= 0.3 is 0 Å². The molecule has 1 N–H and O–H groups in total. The largest absolute Gasteiger partial charge is 0.469 e. The topological polar surface area (TPSA) is 51.2 Å². The third kappa shape index (κ3) is 2.58. The van der Waals surface area contributed by atoms with E-state index < -0.39 is 6.10 Å². The van der Waals surface area contributed by atoms with Crippen LogP contribution in [0.5, 0.6) is 0 Å². The Kier molecular flexibility index (Phi) is 3.64. The lowest BCUT2D eigenvalue weighted by molar-refractivity contribution is 0.176. The summed E-state index contributed by atoms with van der Waals surface area (Å²) in [6.07, 6.45) is 6.26. The van der Waals surface area contributed by atoms with Gasteiger partial charge in [-0.2, -0.15) is 5.10 Å². The lowest BCUT2D eigenvalue weighted by Crippen LogP contribution is -2.02. The first-order valence-corrected chi connectivity index (χ1v) is 6.00. The van der Waals surface area contributed by atoms with Crippen LogP contribution < -0.4 is 0 Å². The average molecular weight is 234 g/mol. The summed E-state index contributed by atoms with van der Waals surface area (Å²) in [5.74, 6) is 0.861. The second-order valence-electron chi connectivity index (χ2n) is 4.08. The summed E-state index contributed by atoms with van der Waals surface area (Å²) in [4.78, 5) is 0. The number of hydrogen-bond acceptors (Lipinski definition) is 3. The molecule has 0 bridgehead atoms. The number of aromatic nitrogens is 2. The molecule has 2 aromatic heterocycles. The van der Waals surface area contributed by atoms with Gasteiger partial charge in [-0.15, -0.1) is 0 Å². The SMILES string of the molecule is CCc1occc1C(O)Cc1cnn(CC)c1. The molecule has 92 valence electrons. The first kappa shape index (κ1) is 11.9. The van der Waals surface area contributed by atoms with E-state index in [1.165, 1.54) is 0 Å². The lowest BCUT2D eigenvalue weighted by atomic mass is 10.0. The second kappa shape index (κ2) is 5.19. The van der Waals surface area contributed by atoms with E-state index in [4.69, 9.17) is 4.42 Å². The molecule has 0 saturated heterocycles. The van der Waals surface area contributed by atoms with Crippen LogP contribution in [-0.4, -0.2) is 14.9 Å². The van der Waals surface area contributed by atoms with Crippen LogP contribution in [-0.2, 0) is 19.4 Å². The molecule has 2 rings (SSSR count). The fourth-order valence-corrected chi connectivity index (χ4v) is 1.95. The van der Waals surface area contributed by atoms with Crippen molar-refractivity contribution in [2.75, 3.05) is 0 Å². The van der Waals surface area contributed by atoms with Crippen LogP contribution in [0.2, 0.25) is 0 Å². The molecule has 0 aliphatic heterocycles. The third-order valence-corrected chi connectivity index (χ3v) is 2.90. The van der Waals surface area contributed by atoms with Crippen LogP contribution in [0.25, 0.3) is 0 Å². The number of rotatable bonds is 5. The van der Waals surface area contributed by atoms with Gasteiger partial charge in [0.25, 0.3) is 0 Å². The Morgan fingerprint density at radius 2 is 2.29 bits per heavy atom. The zero-order valence-corrected chi connectivity index (χ0v) is 10.3. The van der Waals surface area contributed by atoms with Crippen molar-refractivity contribution in [3.05, 3.63) is 41.6 Å². The molecular weight excluding hydrogens is 216 g/mol. The molecule has 17 heavy (non-hydrogen) atoms. The highest BCUT2D eigenvalue weighted by molar-refractivity contribution is 5.22. The summed E-state index contributed by atoms with van der Waals surface area (Å²) < 4.78 is 7.18. The number of aliphatic hydroxyl groups excluding tert-OH is 1. The summed E-state index contributed by atoms with van der Waals surface area (Å²) in [5.41, 5.74) is 1.93. The van der Waals surface area contributed by atoms with Gasteiger partial charge in [-0.25, -0.2) is 0 Å². The third-order valence-electron chi connectivity index (χ3n) is 2.90. The molecule has 0 spiro atoms. The standard InChI is InChI=1S/C13H18N2O2/c1-3-13-11(5-6-17-13)12(16)7-10-8-14-15(4-2)9-10/h5-6,8-9,12,16H,3-4,7H2,1-2H3. The Bertz CT molecular complexity index is 473. The van der Waals surface area contributed by atoms with E-state index >= 15 is 0 Å². The number of hydrogen-bond donors (Lipinski definition) is 1. The highest BCUT2D eigenvalue weighted by atomic mass is 16.3. The van der Waals surface area contributed by atoms with Gasteiger partial charge in [0.05, 0.1) is 18.6 Å². The van der Waals surface area contributed by atoms with Crippen molar-refractivity contribution in [2.45, 2.75) is 39.3 Å². The van der Waals surface area contributed by atoms with Crippen molar-refractivity contribution in [3.8, 4) is 0 Å². The summed E-state index contributed by atoms with van der Waals surface area (Å²) in [6.45, 7) is 4.91. The minimum atomic E-state index is -0.516. The van der Waals surface area contributed by atoms with E-state index in [2.05, 4.69) is 5.10 Å². The van der Waals surface area contributed by atoms with E-state index in [0.717, 1.165) is 29.9 Å². The number of aliphatic hydroxyl groups is 1. The molecule has 0 fully saturated rings. The van der Waals surface area contributed by atoms with E-state index in [9.17, 15) is 5.11 Å². The second-order valence-corrected chi connectivity index (χ2v) is 4.08. The molecule has 2 heterocycles. The van der Waals surface area contributed by atoms with E-state index in [1.807, 2.05) is 30.8 Å². The van der Waals surface area contributed by atoms with E-state index in [-0.39, 0.29) is 0 Å². The summed E-state index contributed by atoms with van der Waals surface area (Å²) in [5, 5.41) is 14.4. The Labute approximate surface area is 101 Å². The quantitative estimate of drug-likeness (QED) is 0.863. The average Bonchev–Trinajstić information content (AvgIpc) is 2.96. The monoisotopic (exact) mass is 234 g/mol. The Morgan fingerprint density at radius 1 is 1.47 bits per heavy atom. The van der Waals surface area contributed by atoms with Crippen LogP contribution in [0.3, 0.4) is 0 Å². The summed E-state index contributed by atoms with van der Waals surface area (Å²) in [7, 11) is 0. The van der Waals surface area contributed by atoms with Gasteiger partial charge in [0.1, 0.15) is 5.76 Å². The maximum absolute atomic E-state index is 10.2. The molecule has 4 nitrogen and oxygen atoms in total. The molecule has 4 heteroatoms. The van der Waals surface area contributed by atoms with Crippen molar-refractivity contribution in [3.63, 3.8) is 0 Å². The predicted molar refractivity (Wildman–Crippen MR) is 64.7 cm³/mol. The van der Waals surface area contributed by atoms with Gasteiger partial charge in [0, 0.05) is 31.1 Å². The first-order valence-electron chi connectivity index (χ1n) is 6.00. The molecule has 1 unspecified atom stereocenters. The van der Waals surface area contributed by atoms with Crippen LogP contribution in [0.4, 0.5) is 0 Å². The van der Waals surface area contributed by atoms with E-state index in [1.54, 1.807) is 12.5 Å². The van der Waals surface area contributed by atoms with Crippen molar-refractivity contribution in [1.82, 2.24) is 9.78 Å². The number of nitrogens with zero attached hydrogens (tertiary/aromatic N) is 2. The molecule has 0 aliphatic carbocycles. The van der Waals surface area contributed by atoms with Gasteiger partial charge < -0.3 is 9.52 Å². The van der Waals surface area contributed by atoms with Gasteiger partial charge in [0.15, 0.2) is 0 Å². The summed E-state index contributed by atoms with van der Waals surface area (Å²) >= 11 is 0. The fourth-order valence-electron chi connectivity index (χ4n) is 1.95. The normalized spacial score (nSPS) is 12.9. The fraction of sp³-hybridized carbons (Fsp3) is 0.462. The minimum absolute atomic E-state index is 0.516. The maximum Gasteiger partial charge on any atom is 0.109 e. The Hall–Kier alpha value is -1.55. The molecule has 0 saturated carbocycles. The van der Waals surface area contributed by atoms with Crippen molar-refractivity contribution < 1.29 is 9.52 Å². The van der Waals surface area contributed by atoms with Gasteiger partial charge in [0.2, 0.25) is 0 Å².